The Bertz CT molecular complexity index is 664. The summed E-state index contributed by atoms with van der Waals surface area (Å²) < 4.78 is 0. The molecule has 23 heavy (non-hydrogen) atoms. The molecule has 1 aliphatic rings. The van der Waals surface area contributed by atoms with Gasteiger partial charge in [-0.25, -0.2) is 0 Å². The number of hydrogen-bond acceptors (Lipinski definition) is 4. The van der Waals surface area contributed by atoms with Gasteiger partial charge in [0.1, 0.15) is 0 Å². The SMILES string of the molecule is Cc1ccc(-c2nnn(CCC(=O)N3CCCC[C@@H]3C)n2)cc1. The van der Waals surface area contributed by atoms with Gasteiger partial charge in [0, 0.05) is 24.6 Å². The first-order valence-corrected chi connectivity index (χ1v) is 8.28. The first-order valence-electron chi connectivity index (χ1n) is 8.28. The molecule has 0 radical (unpaired) electrons. The smallest absolute Gasteiger partial charge is 0.224 e. The Morgan fingerprint density at radius 2 is 2.04 bits per heavy atom. The van der Waals surface area contributed by atoms with E-state index in [-0.39, 0.29) is 5.91 Å². The monoisotopic (exact) mass is 313 g/mol. The van der Waals surface area contributed by atoms with Crippen LogP contribution in [-0.2, 0) is 11.3 Å². The number of carbonyl (C=O) groups excluding carboxylic acids is 1. The summed E-state index contributed by atoms with van der Waals surface area (Å²) in [5.41, 5.74) is 2.14. The Morgan fingerprint density at radius 3 is 2.78 bits per heavy atom. The highest BCUT2D eigenvalue weighted by atomic mass is 16.2. The highest BCUT2D eigenvalue weighted by Crippen LogP contribution is 2.17. The van der Waals surface area contributed by atoms with Gasteiger partial charge in [0.15, 0.2) is 0 Å². The molecule has 1 amide bonds. The van der Waals surface area contributed by atoms with Crippen LogP contribution in [0.25, 0.3) is 11.4 Å². The Morgan fingerprint density at radius 1 is 1.26 bits per heavy atom. The van der Waals surface area contributed by atoms with E-state index in [0.717, 1.165) is 24.9 Å². The van der Waals surface area contributed by atoms with Crippen molar-refractivity contribution >= 4 is 5.91 Å². The molecule has 1 saturated heterocycles. The van der Waals surface area contributed by atoms with Crippen LogP contribution in [0.3, 0.4) is 0 Å². The van der Waals surface area contributed by atoms with Crippen molar-refractivity contribution in [2.24, 2.45) is 0 Å². The van der Waals surface area contributed by atoms with Gasteiger partial charge in [-0.2, -0.15) is 4.80 Å². The molecule has 122 valence electrons. The standard InChI is InChI=1S/C17H23N5O/c1-13-6-8-15(9-7-13)17-18-20-22(19-17)12-10-16(23)21-11-4-3-5-14(21)2/h6-9,14H,3-5,10-12H2,1-2H3/t14-/m0/s1. The van der Waals surface area contributed by atoms with Gasteiger partial charge >= 0.3 is 0 Å². The molecule has 6 heteroatoms. The van der Waals surface area contributed by atoms with E-state index in [2.05, 4.69) is 22.3 Å². The molecule has 1 aromatic carbocycles. The molecule has 0 unspecified atom stereocenters. The van der Waals surface area contributed by atoms with Crippen molar-refractivity contribution in [2.45, 2.75) is 52.1 Å². The molecule has 0 N–H and O–H groups in total. The number of hydrogen-bond donors (Lipinski definition) is 0. The van der Waals surface area contributed by atoms with Gasteiger partial charge in [0.2, 0.25) is 11.7 Å². The number of benzene rings is 1. The van der Waals surface area contributed by atoms with E-state index < -0.39 is 0 Å². The summed E-state index contributed by atoms with van der Waals surface area (Å²) in [4.78, 5) is 15.8. The summed E-state index contributed by atoms with van der Waals surface area (Å²) in [7, 11) is 0. The van der Waals surface area contributed by atoms with E-state index in [4.69, 9.17) is 0 Å². The predicted molar refractivity (Wildman–Crippen MR) is 87.6 cm³/mol. The van der Waals surface area contributed by atoms with Crippen molar-refractivity contribution in [1.29, 1.82) is 0 Å². The number of amides is 1. The van der Waals surface area contributed by atoms with E-state index >= 15 is 0 Å². The van der Waals surface area contributed by atoms with Gasteiger partial charge in [0.25, 0.3) is 0 Å². The fraction of sp³-hybridized carbons (Fsp3) is 0.529. The highest BCUT2D eigenvalue weighted by molar-refractivity contribution is 5.76. The van der Waals surface area contributed by atoms with Crippen molar-refractivity contribution in [1.82, 2.24) is 25.1 Å². The maximum absolute atomic E-state index is 12.3. The molecule has 0 saturated carbocycles. The predicted octanol–water partition coefficient (Wildman–Crippen LogP) is 2.44. The summed E-state index contributed by atoms with van der Waals surface area (Å²) in [6, 6.07) is 8.37. The number of nitrogens with zero attached hydrogens (tertiary/aromatic N) is 5. The third-order valence-corrected chi connectivity index (χ3v) is 4.41. The minimum absolute atomic E-state index is 0.186. The summed E-state index contributed by atoms with van der Waals surface area (Å²) in [6.45, 7) is 5.52. The van der Waals surface area contributed by atoms with Crippen LogP contribution in [0.1, 0.15) is 38.2 Å². The maximum Gasteiger partial charge on any atom is 0.224 e. The second-order valence-electron chi connectivity index (χ2n) is 6.26. The Hall–Kier alpha value is -2.24. The number of carbonyl (C=O) groups is 1. The van der Waals surface area contributed by atoms with Gasteiger partial charge in [-0.15, -0.1) is 10.2 Å². The van der Waals surface area contributed by atoms with E-state index in [1.807, 2.05) is 36.1 Å². The van der Waals surface area contributed by atoms with Gasteiger partial charge in [-0.05, 0) is 38.3 Å². The number of likely N-dealkylation sites (tertiary alicyclic amines) is 1. The van der Waals surface area contributed by atoms with Gasteiger partial charge < -0.3 is 4.90 Å². The molecule has 1 aromatic heterocycles. The zero-order chi connectivity index (χ0) is 16.2. The minimum atomic E-state index is 0.186. The molecule has 1 atom stereocenters. The Balaban J connectivity index is 1.58. The first kappa shape index (κ1) is 15.6. The number of aromatic nitrogens is 4. The summed E-state index contributed by atoms with van der Waals surface area (Å²) in [5, 5.41) is 12.5. The van der Waals surface area contributed by atoms with Crippen LogP contribution in [0.2, 0.25) is 0 Å². The molecule has 2 aromatic rings. The molecule has 6 nitrogen and oxygen atoms in total. The van der Waals surface area contributed by atoms with E-state index in [1.54, 1.807) is 0 Å². The molecule has 0 bridgehead atoms. The quantitative estimate of drug-likeness (QED) is 0.869. The van der Waals surface area contributed by atoms with Gasteiger partial charge in [-0.3, -0.25) is 4.79 Å². The first-order chi connectivity index (χ1) is 11.1. The molecule has 1 fully saturated rings. The van der Waals surface area contributed by atoms with Crippen LogP contribution in [0.15, 0.2) is 24.3 Å². The molecule has 2 heterocycles. The zero-order valence-corrected chi connectivity index (χ0v) is 13.8. The fourth-order valence-corrected chi connectivity index (χ4v) is 2.96. The van der Waals surface area contributed by atoms with Crippen molar-refractivity contribution in [3.63, 3.8) is 0 Å². The van der Waals surface area contributed by atoms with Crippen LogP contribution in [0.5, 0.6) is 0 Å². The van der Waals surface area contributed by atoms with Crippen molar-refractivity contribution < 1.29 is 4.79 Å². The number of tetrazole rings is 1. The molecule has 0 aliphatic carbocycles. The summed E-state index contributed by atoms with van der Waals surface area (Å²) in [5.74, 6) is 0.787. The van der Waals surface area contributed by atoms with Crippen molar-refractivity contribution in [3.8, 4) is 11.4 Å². The van der Waals surface area contributed by atoms with Crippen LogP contribution >= 0.6 is 0 Å². The second-order valence-corrected chi connectivity index (χ2v) is 6.26. The van der Waals surface area contributed by atoms with Crippen molar-refractivity contribution in [3.05, 3.63) is 29.8 Å². The normalized spacial score (nSPS) is 18.2. The van der Waals surface area contributed by atoms with E-state index in [0.29, 0.717) is 24.8 Å². The van der Waals surface area contributed by atoms with Crippen molar-refractivity contribution in [2.75, 3.05) is 6.54 Å². The van der Waals surface area contributed by atoms with Gasteiger partial charge in [0.05, 0.1) is 6.54 Å². The van der Waals surface area contributed by atoms with Gasteiger partial charge in [-0.1, -0.05) is 29.8 Å². The number of piperidine rings is 1. The highest BCUT2D eigenvalue weighted by Gasteiger charge is 2.22. The lowest BCUT2D eigenvalue weighted by Crippen LogP contribution is -2.42. The Labute approximate surface area is 136 Å². The van der Waals surface area contributed by atoms with E-state index in [9.17, 15) is 4.79 Å². The minimum Gasteiger partial charge on any atom is -0.340 e. The lowest BCUT2D eigenvalue weighted by molar-refractivity contribution is -0.134. The molecular formula is C17H23N5O. The third-order valence-electron chi connectivity index (χ3n) is 4.41. The fourth-order valence-electron chi connectivity index (χ4n) is 2.96. The molecule has 1 aliphatic heterocycles. The molecule has 3 rings (SSSR count). The van der Waals surface area contributed by atoms with E-state index in [1.165, 1.54) is 16.8 Å². The van der Waals surface area contributed by atoms with Crippen LogP contribution < -0.4 is 0 Å². The zero-order valence-electron chi connectivity index (χ0n) is 13.8. The lowest BCUT2D eigenvalue weighted by Gasteiger charge is -2.33. The summed E-state index contributed by atoms with van der Waals surface area (Å²) in [6.07, 6.45) is 3.85. The molecule has 0 spiro atoms. The number of rotatable bonds is 4. The van der Waals surface area contributed by atoms with Crippen LogP contribution in [-0.4, -0.2) is 43.6 Å². The van der Waals surface area contributed by atoms with Crippen LogP contribution in [0.4, 0.5) is 0 Å². The number of aryl methyl sites for hydroxylation is 2. The topological polar surface area (TPSA) is 63.9 Å². The second kappa shape index (κ2) is 6.89. The largest absolute Gasteiger partial charge is 0.340 e. The maximum atomic E-state index is 12.3. The summed E-state index contributed by atoms with van der Waals surface area (Å²) >= 11 is 0. The average Bonchev–Trinajstić information content (AvgIpc) is 3.03. The molecular weight excluding hydrogens is 290 g/mol. The Kier molecular flexibility index (Phi) is 4.69. The lowest BCUT2D eigenvalue weighted by atomic mass is 10.0. The van der Waals surface area contributed by atoms with Crippen LogP contribution in [0, 0.1) is 6.92 Å². The third kappa shape index (κ3) is 3.75. The average molecular weight is 313 g/mol.